The summed E-state index contributed by atoms with van der Waals surface area (Å²) in [5, 5.41) is 2.84. The van der Waals surface area contributed by atoms with Crippen molar-refractivity contribution in [3.8, 4) is 0 Å². The number of aryl methyl sites for hydroxylation is 2. The van der Waals surface area contributed by atoms with E-state index < -0.39 is 10.0 Å². The average molecular weight is 332 g/mol. The van der Waals surface area contributed by atoms with Gasteiger partial charge in [-0.2, -0.15) is 0 Å². The van der Waals surface area contributed by atoms with E-state index in [9.17, 15) is 13.2 Å². The van der Waals surface area contributed by atoms with E-state index >= 15 is 0 Å². The van der Waals surface area contributed by atoms with Crippen LogP contribution in [-0.4, -0.2) is 32.7 Å². The summed E-state index contributed by atoms with van der Waals surface area (Å²) in [5.74, 6) is -0.272. The van der Waals surface area contributed by atoms with Gasteiger partial charge in [0.15, 0.2) is 0 Å². The highest BCUT2D eigenvalue weighted by Gasteiger charge is 2.17. The number of hydrogen-bond donors (Lipinski definition) is 1. The molecule has 0 saturated heterocycles. The van der Waals surface area contributed by atoms with Gasteiger partial charge in [-0.25, -0.2) is 12.7 Å². The van der Waals surface area contributed by atoms with E-state index in [2.05, 4.69) is 5.32 Å². The van der Waals surface area contributed by atoms with Crippen molar-refractivity contribution >= 4 is 21.6 Å². The molecule has 0 aliphatic carbocycles. The maximum Gasteiger partial charge on any atom is 0.255 e. The van der Waals surface area contributed by atoms with Gasteiger partial charge in [0, 0.05) is 25.3 Å². The van der Waals surface area contributed by atoms with Crippen molar-refractivity contribution in [2.24, 2.45) is 0 Å². The van der Waals surface area contributed by atoms with Gasteiger partial charge in [0.25, 0.3) is 5.91 Å². The lowest BCUT2D eigenvalue weighted by molar-refractivity contribution is 0.102. The molecule has 0 aromatic heterocycles. The summed E-state index contributed by atoms with van der Waals surface area (Å²) in [6.45, 7) is 3.91. The Kier molecular flexibility index (Phi) is 4.87. The third kappa shape index (κ3) is 3.78. The lowest BCUT2D eigenvalue weighted by Gasteiger charge is -2.12. The van der Waals surface area contributed by atoms with Gasteiger partial charge in [0.1, 0.15) is 0 Å². The predicted molar refractivity (Wildman–Crippen MR) is 91.2 cm³/mol. The standard InChI is InChI=1S/C17H20N2O3S/c1-12-5-10-16(13(2)11-12)18-17(20)14-6-8-15(9-7-14)23(21,22)19(3)4/h5-11H,1-4H3,(H,18,20). The molecule has 0 radical (unpaired) electrons. The Hall–Kier alpha value is -2.18. The lowest BCUT2D eigenvalue weighted by atomic mass is 10.1. The van der Waals surface area contributed by atoms with Crippen LogP contribution in [0.2, 0.25) is 0 Å². The van der Waals surface area contributed by atoms with E-state index in [1.165, 1.54) is 38.4 Å². The van der Waals surface area contributed by atoms with Crippen LogP contribution in [0.15, 0.2) is 47.4 Å². The molecule has 0 heterocycles. The van der Waals surface area contributed by atoms with Crippen molar-refractivity contribution in [3.05, 3.63) is 59.2 Å². The minimum absolute atomic E-state index is 0.158. The first-order chi connectivity index (χ1) is 10.7. The zero-order chi connectivity index (χ0) is 17.2. The number of hydrogen-bond acceptors (Lipinski definition) is 3. The number of rotatable bonds is 4. The number of carbonyl (C=O) groups is 1. The Balaban J connectivity index is 2.21. The Labute approximate surface area is 137 Å². The molecule has 0 aliphatic rings. The molecule has 2 aromatic rings. The molecule has 23 heavy (non-hydrogen) atoms. The Morgan fingerprint density at radius 2 is 1.61 bits per heavy atom. The van der Waals surface area contributed by atoms with Gasteiger partial charge in [-0.1, -0.05) is 17.7 Å². The van der Waals surface area contributed by atoms with Crippen molar-refractivity contribution in [2.75, 3.05) is 19.4 Å². The van der Waals surface area contributed by atoms with Crippen LogP contribution >= 0.6 is 0 Å². The molecule has 0 fully saturated rings. The van der Waals surface area contributed by atoms with Crippen LogP contribution in [0.1, 0.15) is 21.5 Å². The SMILES string of the molecule is Cc1ccc(NC(=O)c2ccc(S(=O)(=O)N(C)C)cc2)c(C)c1. The molecule has 6 heteroatoms. The monoisotopic (exact) mass is 332 g/mol. The van der Waals surface area contributed by atoms with Crippen LogP contribution in [0.5, 0.6) is 0 Å². The minimum Gasteiger partial charge on any atom is -0.322 e. The Morgan fingerprint density at radius 3 is 2.13 bits per heavy atom. The second-order valence-corrected chi connectivity index (χ2v) is 7.74. The minimum atomic E-state index is -3.49. The highest BCUT2D eigenvalue weighted by Crippen LogP contribution is 2.18. The van der Waals surface area contributed by atoms with E-state index in [4.69, 9.17) is 0 Å². The molecule has 0 atom stereocenters. The van der Waals surface area contributed by atoms with Crippen LogP contribution in [0.3, 0.4) is 0 Å². The lowest BCUT2D eigenvalue weighted by Crippen LogP contribution is -2.22. The van der Waals surface area contributed by atoms with Crippen molar-refractivity contribution in [3.63, 3.8) is 0 Å². The second-order valence-electron chi connectivity index (χ2n) is 5.58. The normalized spacial score (nSPS) is 11.5. The molecule has 2 rings (SSSR count). The van der Waals surface area contributed by atoms with Crippen LogP contribution in [0.25, 0.3) is 0 Å². The molecule has 0 unspecified atom stereocenters. The van der Waals surface area contributed by atoms with Gasteiger partial charge >= 0.3 is 0 Å². The fourth-order valence-corrected chi connectivity index (χ4v) is 3.04. The van der Waals surface area contributed by atoms with Crippen LogP contribution in [0.4, 0.5) is 5.69 Å². The maximum atomic E-state index is 12.3. The van der Waals surface area contributed by atoms with E-state index in [0.29, 0.717) is 5.56 Å². The molecule has 0 saturated carbocycles. The van der Waals surface area contributed by atoms with Crippen molar-refractivity contribution < 1.29 is 13.2 Å². The van der Waals surface area contributed by atoms with Gasteiger partial charge in [-0.15, -0.1) is 0 Å². The molecule has 5 nitrogen and oxygen atoms in total. The first-order valence-electron chi connectivity index (χ1n) is 7.13. The smallest absolute Gasteiger partial charge is 0.255 e. The van der Waals surface area contributed by atoms with E-state index in [1.807, 2.05) is 32.0 Å². The number of sulfonamides is 1. The van der Waals surface area contributed by atoms with Crippen LogP contribution in [0, 0.1) is 13.8 Å². The molecule has 1 N–H and O–H groups in total. The number of amides is 1. The maximum absolute atomic E-state index is 12.3. The largest absolute Gasteiger partial charge is 0.322 e. The zero-order valence-electron chi connectivity index (χ0n) is 13.6. The average Bonchev–Trinajstić information content (AvgIpc) is 2.50. The summed E-state index contributed by atoms with van der Waals surface area (Å²) in [6, 6.07) is 11.7. The summed E-state index contributed by atoms with van der Waals surface area (Å²) < 4.78 is 25.1. The molecule has 2 aromatic carbocycles. The molecule has 122 valence electrons. The third-order valence-corrected chi connectivity index (χ3v) is 5.35. The van der Waals surface area contributed by atoms with E-state index in [0.717, 1.165) is 21.1 Å². The first-order valence-corrected chi connectivity index (χ1v) is 8.57. The molecular formula is C17H20N2O3S. The second kappa shape index (κ2) is 6.52. The van der Waals surface area contributed by atoms with Gasteiger partial charge in [0.2, 0.25) is 10.0 Å². The highest BCUT2D eigenvalue weighted by molar-refractivity contribution is 7.89. The zero-order valence-corrected chi connectivity index (χ0v) is 14.4. The van der Waals surface area contributed by atoms with Gasteiger partial charge < -0.3 is 5.32 Å². The highest BCUT2D eigenvalue weighted by atomic mass is 32.2. The number of anilines is 1. The first kappa shape index (κ1) is 17.2. The molecular weight excluding hydrogens is 312 g/mol. The van der Waals surface area contributed by atoms with Gasteiger partial charge in [0.05, 0.1) is 4.90 Å². The van der Waals surface area contributed by atoms with Gasteiger partial charge in [-0.3, -0.25) is 4.79 Å². The van der Waals surface area contributed by atoms with Crippen molar-refractivity contribution in [1.29, 1.82) is 0 Å². The van der Waals surface area contributed by atoms with Gasteiger partial charge in [-0.05, 0) is 49.7 Å². The van der Waals surface area contributed by atoms with E-state index in [1.54, 1.807) is 0 Å². The van der Waals surface area contributed by atoms with Crippen LogP contribution < -0.4 is 5.32 Å². The number of carbonyl (C=O) groups excluding carboxylic acids is 1. The summed E-state index contributed by atoms with van der Waals surface area (Å²) in [6.07, 6.45) is 0. The topological polar surface area (TPSA) is 66.5 Å². The van der Waals surface area contributed by atoms with Crippen molar-refractivity contribution in [1.82, 2.24) is 4.31 Å². The number of benzene rings is 2. The fraction of sp³-hybridized carbons (Fsp3) is 0.235. The summed E-state index contributed by atoms with van der Waals surface area (Å²) in [4.78, 5) is 12.4. The molecule has 0 bridgehead atoms. The quantitative estimate of drug-likeness (QED) is 0.936. The molecule has 0 aliphatic heterocycles. The fourth-order valence-electron chi connectivity index (χ4n) is 2.14. The predicted octanol–water partition coefficient (Wildman–Crippen LogP) is 2.81. The molecule has 1 amide bonds. The number of nitrogens with one attached hydrogen (secondary N) is 1. The van der Waals surface area contributed by atoms with Crippen molar-refractivity contribution in [2.45, 2.75) is 18.7 Å². The summed E-state index contributed by atoms with van der Waals surface area (Å²) >= 11 is 0. The number of nitrogens with zero attached hydrogens (tertiary/aromatic N) is 1. The van der Waals surface area contributed by atoms with E-state index in [-0.39, 0.29) is 10.8 Å². The third-order valence-electron chi connectivity index (χ3n) is 3.53. The summed E-state index contributed by atoms with van der Waals surface area (Å²) in [5.41, 5.74) is 3.25. The van der Waals surface area contributed by atoms with Crippen LogP contribution in [-0.2, 0) is 10.0 Å². The molecule has 0 spiro atoms. The Bertz CT molecular complexity index is 825. The summed E-state index contributed by atoms with van der Waals surface area (Å²) in [7, 11) is -0.551. The Morgan fingerprint density at radius 1 is 1.00 bits per heavy atom.